The van der Waals surface area contributed by atoms with E-state index in [9.17, 15) is 0 Å². The number of guanidine groups is 1. The normalized spacial score (nSPS) is 11.6. The molecule has 2 aromatic rings. The lowest BCUT2D eigenvalue weighted by Crippen LogP contribution is -2.37. The standard InChI is InChI=1S/C22H34N4O2/c1-4-20-19(21(5-2)28-26-20)16-25-22(23-6-3)24-14-10-11-15-27-17-18-12-8-7-9-13-18/h7-9,12-13H,4-6,10-11,14-17H2,1-3H3,(H2,23,24,25). The maximum Gasteiger partial charge on any atom is 0.191 e. The van der Waals surface area contributed by atoms with Crippen LogP contribution in [0.5, 0.6) is 0 Å². The first kappa shape index (κ1) is 22.0. The largest absolute Gasteiger partial charge is 0.377 e. The maximum atomic E-state index is 5.73. The number of nitrogens with one attached hydrogen (secondary N) is 2. The Kier molecular flexibility index (Phi) is 10.1. The van der Waals surface area contributed by atoms with Crippen molar-refractivity contribution in [1.82, 2.24) is 15.8 Å². The summed E-state index contributed by atoms with van der Waals surface area (Å²) in [6.07, 6.45) is 3.75. The van der Waals surface area contributed by atoms with Crippen LogP contribution in [0.4, 0.5) is 0 Å². The fraction of sp³-hybridized carbons (Fsp3) is 0.545. The Morgan fingerprint density at radius 1 is 1.07 bits per heavy atom. The van der Waals surface area contributed by atoms with Crippen molar-refractivity contribution in [1.29, 1.82) is 0 Å². The number of aliphatic imine (C=N–C) groups is 1. The first-order valence-electron chi connectivity index (χ1n) is 10.4. The molecule has 0 aliphatic rings. The molecule has 0 unspecified atom stereocenters. The molecule has 0 atom stereocenters. The fourth-order valence-corrected chi connectivity index (χ4v) is 2.92. The zero-order chi connectivity index (χ0) is 20.0. The summed E-state index contributed by atoms with van der Waals surface area (Å²) < 4.78 is 11.2. The minimum atomic E-state index is 0.589. The van der Waals surface area contributed by atoms with E-state index >= 15 is 0 Å². The highest BCUT2D eigenvalue weighted by atomic mass is 16.5. The fourth-order valence-electron chi connectivity index (χ4n) is 2.92. The van der Waals surface area contributed by atoms with E-state index in [1.54, 1.807) is 0 Å². The number of aromatic nitrogens is 1. The van der Waals surface area contributed by atoms with Crippen LogP contribution in [0.2, 0.25) is 0 Å². The molecule has 1 aromatic carbocycles. The van der Waals surface area contributed by atoms with Gasteiger partial charge in [0, 0.05) is 31.7 Å². The van der Waals surface area contributed by atoms with Crippen molar-refractivity contribution in [2.24, 2.45) is 4.99 Å². The van der Waals surface area contributed by atoms with Gasteiger partial charge in [0.05, 0.1) is 18.8 Å². The Labute approximate surface area is 168 Å². The van der Waals surface area contributed by atoms with Gasteiger partial charge in [0.25, 0.3) is 0 Å². The molecule has 6 heteroatoms. The number of benzene rings is 1. The highest BCUT2D eigenvalue weighted by Gasteiger charge is 2.12. The molecule has 0 saturated heterocycles. The van der Waals surface area contributed by atoms with Crippen LogP contribution in [-0.2, 0) is 30.7 Å². The van der Waals surface area contributed by atoms with E-state index in [1.165, 1.54) is 5.56 Å². The van der Waals surface area contributed by atoms with Crippen LogP contribution in [0, 0.1) is 0 Å². The molecule has 0 fully saturated rings. The number of aryl methyl sites for hydroxylation is 2. The molecule has 0 aliphatic carbocycles. The molecular weight excluding hydrogens is 352 g/mol. The van der Waals surface area contributed by atoms with Gasteiger partial charge in [0.15, 0.2) is 5.96 Å². The average Bonchev–Trinajstić information content (AvgIpc) is 3.14. The summed E-state index contributed by atoms with van der Waals surface area (Å²) in [5, 5.41) is 10.9. The Hall–Kier alpha value is -2.34. The third-order valence-corrected chi connectivity index (χ3v) is 4.47. The molecule has 2 N–H and O–H groups in total. The topological polar surface area (TPSA) is 71.7 Å². The Morgan fingerprint density at radius 2 is 1.89 bits per heavy atom. The lowest BCUT2D eigenvalue weighted by molar-refractivity contribution is 0.117. The smallest absolute Gasteiger partial charge is 0.191 e. The summed E-state index contributed by atoms with van der Waals surface area (Å²) in [6, 6.07) is 10.3. The van der Waals surface area contributed by atoms with E-state index < -0.39 is 0 Å². The molecule has 0 bridgehead atoms. The number of ether oxygens (including phenoxy) is 1. The number of rotatable bonds is 12. The number of hydrogen-bond donors (Lipinski definition) is 2. The molecule has 1 aromatic heterocycles. The quantitative estimate of drug-likeness (QED) is 0.329. The predicted molar refractivity (Wildman–Crippen MR) is 113 cm³/mol. The summed E-state index contributed by atoms with van der Waals surface area (Å²) in [6.45, 7) is 9.97. The van der Waals surface area contributed by atoms with Crippen molar-refractivity contribution in [3.8, 4) is 0 Å². The van der Waals surface area contributed by atoms with Crippen molar-refractivity contribution < 1.29 is 9.26 Å². The molecule has 154 valence electrons. The van der Waals surface area contributed by atoms with Crippen molar-refractivity contribution in [2.45, 2.75) is 59.6 Å². The second-order valence-corrected chi connectivity index (χ2v) is 6.61. The van der Waals surface area contributed by atoms with Crippen molar-refractivity contribution in [3.63, 3.8) is 0 Å². The highest BCUT2D eigenvalue weighted by molar-refractivity contribution is 5.79. The summed E-state index contributed by atoms with van der Waals surface area (Å²) >= 11 is 0. The van der Waals surface area contributed by atoms with Crippen LogP contribution >= 0.6 is 0 Å². The molecule has 28 heavy (non-hydrogen) atoms. The van der Waals surface area contributed by atoms with Crippen molar-refractivity contribution in [2.75, 3.05) is 19.7 Å². The van der Waals surface area contributed by atoms with E-state index in [4.69, 9.17) is 14.3 Å². The summed E-state index contributed by atoms with van der Waals surface area (Å²) in [4.78, 5) is 4.71. The van der Waals surface area contributed by atoms with E-state index in [2.05, 4.69) is 48.7 Å². The van der Waals surface area contributed by atoms with Gasteiger partial charge in [-0.3, -0.25) is 0 Å². The van der Waals surface area contributed by atoms with Crippen LogP contribution in [0.3, 0.4) is 0 Å². The van der Waals surface area contributed by atoms with Crippen LogP contribution in [-0.4, -0.2) is 30.8 Å². The second-order valence-electron chi connectivity index (χ2n) is 6.61. The number of unbranched alkanes of at least 4 members (excludes halogenated alkanes) is 1. The lowest BCUT2D eigenvalue weighted by atomic mass is 10.1. The van der Waals surface area contributed by atoms with Crippen LogP contribution in [0.25, 0.3) is 0 Å². The number of nitrogens with zero attached hydrogens (tertiary/aromatic N) is 2. The van der Waals surface area contributed by atoms with E-state index in [1.807, 2.05) is 18.2 Å². The molecule has 0 radical (unpaired) electrons. The summed E-state index contributed by atoms with van der Waals surface area (Å²) in [5.41, 5.74) is 3.34. The average molecular weight is 387 g/mol. The molecular formula is C22H34N4O2. The van der Waals surface area contributed by atoms with Gasteiger partial charge in [0.1, 0.15) is 5.76 Å². The van der Waals surface area contributed by atoms with E-state index in [0.29, 0.717) is 13.2 Å². The zero-order valence-corrected chi connectivity index (χ0v) is 17.5. The summed E-state index contributed by atoms with van der Waals surface area (Å²) in [7, 11) is 0. The first-order chi connectivity index (χ1) is 13.8. The molecule has 2 rings (SSSR count). The predicted octanol–water partition coefficient (Wildman–Crippen LogP) is 3.85. The SMILES string of the molecule is CCNC(=NCc1c(CC)noc1CC)NCCCCOCc1ccccc1. The molecule has 0 saturated carbocycles. The van der Waals surface area contributed by atoms with E-state index in [0.717, 1.165) is 68.4 Å². The van der Waals surface area contributed by atoms with Crippen LogP contribution in [0.15, 0.2) is 39.8 Å². The molecule has 0 aliphatic heterocycles. The molecule has 0 amide bonds. The minimum Gasteiger partial charge on any atom is -0.377 e. The Morgan fingerprint density at radius 3 is 2.61 bits per heavy atom. The van der Waals surface area contributed by atoms with E-state index in [-0.39, 0.29) is 0 Å². The zero-order valence-electron chi connectivity index (χ0n) is 17.5. The van der Waals surface area contributed by atoms with Crippen LogP contribution < -0.4 is 10.6 Å². The van der Waals surface area contributed by atoms with Gasteiger partial charge in [0.2, 0.25) is 0 Å². The van der Waals surface area contributed by atoms with Gasteiger partial charge in [-0.05, 0) is 31.7 Å². The molecule has 1 heterocycles. The van der Waals surface area contributed by atoms with Gasteiger partial charge < -0.3 is 19.9 Å². The third-order valence-electron chi connectivity index (χ3n) is 4.47. The van der Waals surface area contributed by atoms with Gasteiger partial charge in [-0.25, -0.2) is 4.99 Å². The Bertz CT molecular complexity index is 676. The Balaban J connectivity index is 1.70. The van der Waals surface area contributed by atoms with Gasteiger partial charge >= 0.3 is 0 Å². The van der Waals surface area contributed by atoms with Crippen molar-refractivity contribution >= 4 is 5.96 Å². The first-order valence-corrected chi connectivity index (χ1v) is 10.4. The number of hydrogen-bond acceptors (Lipinski definition) is 4. The third kappa shape index (κ3) is 7.35. The molecule has 6 nitrogen and oxygen atoms in total. The summed E-state index contributed by atoms with van der Waals surface area (Å²) in [5.74, 6) is 1.77. The maximum absolute atomic E-state index is 5.73. The van der Waals surface area contributed by atoms with Gasteiger partial charge in [-0.15, -0.1) is 0 Å². The van der Waals surface area contributed by atoms with Crippen molar-refractivity contribution in [3.05, 3.63) is 52.9 Å². The second kappa shape index (κ2) is 12.9. The van der Waals surface area contributed by atoms with Gasteiger partial charge in [-0.1, -0.05) is 49.3 Å². The molecule has 0 spiro atoms. The highest BCUT2D eigenvalue weighted by Crippen LogP contribution is 2.16. The monoisotopic (exact) mass is 386 g/mol. The minimum absolute atomic E-state index is 0.589. The van der Waals surface area contributed by atoms with Gasteiger partial charge in [-0.2, -0.15) is 0 Å². The lowest BCUT2D eigenvalue weighted by Gasteiger charge is -2.11. The van der Waals surface area contributed by atoms with Crippen LogP contribution in [0.1, 0.15) is 56.2 Å².